The Morgan fingerprint density at radius 3 is 3.06 bits per heavy atom. The fourth-order valence-corrected chi connectivity index (χ4v) is 2.72. The van der Waals surface area contributed by atoms with Crippen LogP contribution in [-0.4, -0.2) is 23.9 Å². The maximum absolute atomic E-state index is 12.4. The van der Waals surface area contributed by atoms with Gasteiger partial charge in [0.1, 0.15) is 0 Å². The first-order valence-electron chi connectivity index (χ1n) is 6.68. The van der Waals surface area contributed by atoms with E-state index in [4.69, 9.17) is 11.6 Å². The van der Waals surface area contributed by atoms with Crippen LogP contribution >= 0.6 is 11.6 Å². The van der Waals surface area contributed by atoms with Crippen LogP contribution < -0.4 is 0 Å². The highest BCUT2D eigenvalue weighted by atomic mass is 35.5. The molecule has 1 aliphatic heterocycles. The Kier molecular flexibility index (Phi) is 4.65. The van der Waals surface area contributed by atoms with Crippen LogP contribution in [0.25, 0.3) is 0 Å². The number of alkyl halides is 1. The van der Waals surface area contributed by atoms with E-state index in [1.54, 1.807) is 0 Å². The summed E-state index contributed by atoms with van der Waals surface area (Å²) in [6.07, 6.45) is 3.53. The SMILES string of the molecule is CCC1CCCN(C(=O)c2cccc(CCl)c2)C1. The highest BCUT2D eigenvalue weighted by Crippen LogP contribution is 2.21. The summed E-state index contributed by atoms with van der Waals surface area (Å²) in [7, 11) is 0. The van der Waals surface area contributed by atoms with Gasteiger partial charge in [0.15, 0.2) is 0 Å². The summed E-state index contributed by atoms with van der Waals surface area (Å²) in [5.74, 6) is 1.28. The Morgan fingerprint density at radius 2 is 2.33 bits per heavy atom. The minimum absolute atomic E-state index is 0.153. The third kappa shape index (κ3) is 3.05. The normalized spacial score (nSPS) is 19.9. The second kappa shape index (κ2) is 6.24. The number of carbonyl (C=O) groups is 1. The summed E-state index contributed by atoms with van der Waals surface area (Å²) in [4.78, 5) is 14.4. The predicted molar refractivity (Wildman–Crippen MR) is 74.9 cm³/mol. The lowest BCUT2D eigenvalue weighted by Gasteiger charge is -2.32. The molecule has 1 fully saturated rings. The molecule has 1 aromatic carbocycles. The van der Waals surface area contributed by atoms with E-state index in [1.807, 2.05) is 29.2 Å². The van der Waals surface area contributed by atoms with Gasteiger partial charge < -0.3 is 4.90 Å². The lowest BCUT2D eigenvalue weighted by Crippen LogP contribution is -2.39. The summed E-state index contributed by atoms with van der Waals surface area (Å²) in [6.45, 7) is 3.99. The fourth-order valence-electron chi connectivity index (χ4n) is 2.55. The molecule has 1 atom stereocenters. The molecular weight excluding hydrogens is 246 g/mol. The number of nitrogens with zero attached hydrogens (tertiary/aromatic N) is 1. The van der Waals surface area contributed by atoms with E-state index in [9.17, 15) is 4.79 Å². The van der Waals surface area contributed by atoms with Crippen molar-refractivity contribution in [1.29, 1.82) is 0 Å². The Morgan fingerprint density at radius 1 is 1.50 bits per heavy atom. The monoisotopic (exact) mass is 265 g/mol. The Hall–Kier alpha value is -1.02. The van der Waals surface area contributed by atoms with Crippen molar-refractivity contribution < 1.29 is 4.79 Å². The second-order valence-corrected chi connectivity index (χ2v) is 5.27. The summed E-state index contributed by atoms with van der Waals surface area (Å²) < 4.78 is 0. The Bertz CT molecular complexity index is 419. The molecule has 1 heterocycles. The molecule has 1 unspecified atom stereocenters. The van der Waals surface area contributed by atoms with Crippen molar-refractivity contribution in [2.75, 3.05) is 13.1 Å². The number of piperidine rings is 1. The maximum atomic E-state index is 12.4. The highest BCUT2D eigenvalue weighted by Gasteiger charge is 2.23. The average Bonchev–Trinajstić information content (AvgIpc) is 2.46. The summed E-state index contributed by atoms with van der Waals surface area (Å²) in [5.41, 5.74) is 1.77. The van der Waals surface area contributed by atoms with Crippen LogP contribution in [0.5, 0.6) is 0 Å². The topological polar surface area (TPSA) is 20.3 Å². The number of carbonyl (C=O) groups excluding carboxylic acids is 1. The molecule has 1 aliphatic rings. The van der Waals surface area contributed by atoms with Crippen LogP contribution in [0.1, 0.15) is 42.1 Å². The van der Waals surface area contributed by atoms with Crippen molar-refractivity contribution >= 4 is 17.5 Å². The van der Waals surface area contributed by atoms with Gasteiger partial charge in [0, 0.05) is 24.5 Å². The highest BCUT2D eigenvalue weighted by molar-refractivity contribution is 6.17. The van der Waals surface area contributed by atoms with Crippen LogP contribution in [-0.2, 0) is 5.88 Å². The standard InChI is InChI=1S/C15H20ClNO/c1-2-12-6-4-8-17(11-12)15(18)14-7-3-5-13(9-14)10-16/h3,5,7,9,12H,2,4,6,8,10-11H2,1H3. The first-order valence-corrected chi connectivity index (χ1v) is 7.22. The van der Waals surface area contributed by atoms with Crippen LogP contribution in [0.3, 0.4) is 0 Å². The van der Waals surface area contributed by atoms with E-state index < -0.39 is 0 Å². The van der Waals surface area contributed by atoms with Gasteiger partial charge in [0.2, 0.25) is 0 Å². The molecule has 98 valence electrons. The molecule has 1 amide bonds. The van der Waals surface area contributed by atoms with Crippen LogP contribution in [0, 0.1) is 5.92 Å². The van der Waals surface area contributed by atoms with Crippen molar-refractivity contribution in [3.05, 3.63) is 35.4 Å². The predicted octanol–water partition coefficient (Wildman–Crippen LogP) is 3.69. The molecule has 2 rings (SSSR count). The van der Waals surface area contributed by atoms with Crippen LogP contribution in [0.4, 0.5) is 0 Å². The van der Waals surface area contributed by atoms with Gasteiger partial charge in [0.25, 0.3) is 5.91 Å². The molecule has 1 aromatic rings. The van der Waals surface area contributed by atoms with E-state index in [0.29, 0.717) is 11.8 Å². The minimum atomic E-state index is 0.153. The molecule has 1 saturated heterocycles. The Labute approximate surface area is 114 Å². The molecule has 0 saturated carbocycles. The number of rotatable bonds is 3. The summed E-state index contributed by atoms with van der Waals surface area (Å²) >= 11 is 5.81. The number of halogens is 1. The van der Waals surface area contributed by atoms with Gasteiger partial charge in [-0.1, -0.05) is 25.5 Å². The van der Waals surface area contributed by atoms with E-state index in [-0.39, 0.29) is 5.91 Å². The molecule has 0 bridgehead atoms. The molecule has 0 N–H and O–H groups in total. The first-order chi connectivity index (χ1) is 8.74. The van der Waals surface area contributed by atoms with Crippen molar-refractivity contribution in [1.82, 2.24) is 4.90 Å². The quantitative estimate of drug-likeness (QED) is 0.764. The molecule has 18 heavy (non-hydrogen) atoms. The molecule has 2 nitrogen and oxygen atoms in total. The number of hydrogen-bond donors (Lipinski definition) is 0. The number of amides is 1. The van der Waals surface area contributed by atoms with Gasteiger partial charge in [0.05, 0.1) is 0 Å². The fraction of sp³-hybridized carbons (Fsp3) is 0.533. The second-order valence-electron chi connectivity index (χ2n) is 5.00. The van der Waals surface area contributed by atoms with Gasteiger partial charge in [-0.05, 0) is 36.5 Å². The molecule has 0 aliphatic carbocycles. The Balaban J connectivity index is 2.10. The van der Waals surface area contributed by atoms with Gasteiger partial charge >= 0.3 is 0 Å². The van der Waals surface area contributed by atoms with Gasteiger partial charge in [-0.3, -0.25) is 4.79 Å². The molecule has 0 aromatic heterocycles. The van der Waals surface area contributed by atoms with Gasteiger partial charge in [-0.25, -0.2) is 0 Å². The van der Waals surface area contributed by atoms with Crippen molar-refractivity contribution in [2.45, 2.75) is 32.1 Å². The number of likely N-dealkylation sites (tertiary alicyclic amines) is 1. The van der Waals surface area contributed by atoms with E-state index in [2.05, 4.69) is 6.92 Å². The minimum Gasteiger partial charge on any atom is -0.338 e. The third-order valence-electron chi connectivity index (χ3n) is 3.71. The van der Waals surface area contributed by atoms with E-state index in [1.165, 1.54) is 6.42 Å². The number of benzene rings is 1. The van der Waals surface area contributed by atoms with Gasteiger partial charge in [-0.2, -0.15) is 0 Å². The zero-order valence-electron chi connectivity index (χ0n) is 10.9. The average molecular weight is 266 g/mol. The van der Waals surface area contributed by atoms with E-state index in [0.717, 1.165) is 37.1 Å². The van der Waals surface area contributed by atoms with Crippen molar-refractivity contribution in [3.63, 3.8) is 0 Å². The lowest BCUT2D eigenvalue weighted by atomic mass is 9.95. The zero-order chi connectivity index (χ0) is 13.0. The largest absolute Gasteiger partial charge is 0.338 e. The molecule has 3 heteroatoms. The zero-order valence-corrected chi connectivity index (χ0v) is 11.6. The third-order valence-corrected chi connectivity index (χ3v) is 4.02. The summed E-state index contributed by atoms with van der Waals surface area (Å²) in [6, 6.07) is 7.65. The van der Waals surface area contributed by atoms with Crippen molar-refractivity contribution in [2.24, 2.45) is 5.92 Å². The van der Waals surface area contributed by atoms with Crippen molar-refractivity contribution in [3.8, 4) is 0 Å². The van der Waals surface area contributed by atoms with E-state index >= 15 is 0 Å². The first kappa shape index (κ1) is 13.4. The smallest absolute Gasteiger partial charge is 0.253 e. The molecule has 0 spiro atoms. The van der Waals surface area contributed by atoms with Crippen LogP contribution in [0.15, 0.2) is 24.3 Å². The molecule has 0 radical (unpaired) electrons. The lowest BCUT2D eigenvalue weighted by molar-refractivity contribution is 0.0671. The maximum Gasteiger partial charge on any atom is 0.253 e. The summed E-state index contributed by atoms with van der Waals surface area (Å²) in [5, 5.41) is 0. The van der Waals surface area contributed by atoms with Crippen LogP contribution in [0.2, 0.25) is 0 Å². The van der Waals surface area contributed by atoms with Gasteiger partial charge in [-0.15, -0.1) is 11.6 Å². The molecular formula is C15H20ClNO. The number of hydrogen-bond acceptors (Lipinski definition) is 1.